The Morgan fingerprint density at radius 1 is 1.39 bits per heavy atom. The second-order valence-corrected chi connectivity index (χ2v) is 6.82. The van der Waals surface area contributed by atoms with Gasteiger partial charge in [-0.3, -0.25) is 0 Å². The number of allylic oxidation sites excluding steroid dienone is 4. The highest BCUT2D eigenvalue weighted by molar-refractivity contribution is 7.14. The first-order valence-electron chi connectivity index (χ1n) is 8.35. The lowest BCUT2D eigenvalue weighted by molar-refractivity contribution is 0.635. The molecule has 2 aromatic rings. The van der Waals surface area contributed by atoms with Crippen LogP contribution in [0.5, 0.6) is 0 Å². The van der Waals surface area contributed by atoms with Gasteiger partial charge >= 0.3 is 0 Å². The van der Waals surface area contributed by atoms with E-state index in [0.29, 0.717) is 11.4 Å². The van der Waals surface area contributed by atoms with Gasteiger partial charge in [0.05, 0.1) is 5.52 Å². The molecule has 23 heavy (non-hydrogen) atoms. The number of nitrogens with zero attached hydrogens (tertiary/aromatic N) is 1. The van der Waals surface area contributed by atoms with Crippen LogP contribution < -0.4 is 0 Å². The summed E-state index contributed by atoms with van der Waals surface area (Å²) in [7, 11) is 2.62. The van der Waals surface area contributed by atoms with E-state index in [2.05, 4.69) is 47.7 Å². The van der Waals surface area contributed by atoms with Crippen LogP contribution in [0, 0.1) is 12.7 Å². The fourth-order valence-electron chi connectivity index (χ4n) is 3.18. The number of benzene rings is 1. The van der Waals surface area contributed by atoms with Crippen molar-refractivity contribution in [2.75, 3.05) is 0 Å². The summed E-state index contributed by atoms with van der Waals surface area (Å²) >= 11 is 0. The Kier molecular flexibility index (Phi) is 6.18. The van der Waals surface area contributed by atoms with Gasteiger partial charge in [0.15, 0.2) is 0 Å². The molecule has 0 aliphatic carbocycles. The van der Waals surface area contributed by atoms with Crippen LogP contribution in [0.1, 0.15) is 57.1 Å². The largest absolute Gasteiger partial charge is 0.329 e. The van der Waals surface area contributed by atoms with Crippen LogP contribution in [0.25, 0.3) is 10.9 Å². The Morgan fingerprint density at radius 2 is 2.13 bits per heavy atom. The van der Waals surface area contributed by atoms with Gasteiger partial charge in [-0.05, 0) is 59.8 Å². The summed E-state index contributed by atoms with van der Waals surface area (Å²) in [6.07, 6.45) is 11.8. The second kappa shape index (κ2) is 7.93. The molecule has 0 aliphatic rings. The average molecular weight is 331 g/mol. The molecule has 3 heteroatoms. The third-order valence-electron chi connectivity index (χ3n) is 4.38. The normalized spacial score (nSPS) is 14.1. The van der Waals surface area contributed by atoms with Gasteiger partial charge in [0, 0.05) is 17.5 Å². The van der Waals surface area contributed by atoms with Gasteiger partial charge in [-0.15, -0.1) is 0 Å². The number of halogens is 1. The first kappa shape index (κ1) is 17.9. The SMILES string of the molecule is C/C=C\C=C(/C)C(CCCC)c1cn(P)c2c(F)cc(C)cc12. The maximum Gasteiger partial charge on any atom is 0.147 e. The summed E-state index contributed by atoms with van der Waals surface area (Å²) < 4.78 is 16.2. The number of aryl methyl sites for hydroxylation is 1. The molecule has 0 fully saturated rings. The van der Waals surface area contributed by atoms with E-state index in [1.807, 2.05) is 24.3 Å². The van der Waals surface area contributed by atoms with Crippen LogP contribution in [0.15, 0.2) is 42.1 Å². The minimum Gasteiger partial charge on any atom is -0.329 e. The highest BCUT2D eigenvalue weighted by Gasteiger charge is 2.20. The highest BCUT2D eigenvalue weighted by atomic mass is 31.0. The molecule has 0 spiro atoms. The fraction of sp³-hybridized carbons (Fsp3) is 0.400. The third kappa shape index (κ3) is 3.93. The van der Waals surface area contributed by atoms with Crippen molar-refractivity contribution in [1.29, 1.82) is 0 Å². The van der Waals surface area contributed by atoms with E-state index in [1.165, 1.54) is 24.0 Å². The lowest BCUT2D eigenvalue weighted by Crippen LogP contribution is -2.00. The van der Waals surface area contributed by atoms with Crippen molar-refractivity contribution in [1.82, 2.24) is 4.34 Å². The molecule has 0 radical (unpaired) electrons. The molecule has 1 heterocycles. The minimum absolute atomic E-state index is 0.148. The summed E-state index contributed by atoms with van der Waals surface area (Å²) in [5.41, 5.74) is 4.20. The van der Waals surface area contributed by atoms with Crippen molar-refractivity contribution in [2.45, 2.75) is 52.9 Å². The molecule has 2 atom stereocenters. The molecule has 2 rings (SSSR count). The molecule has 0 saturated heterocycles. The second-order valence-electron chi connectivity index (χ2n) is 6.27. The van der Waals surface area contributed by atoms with Crippen LogP contribution in [0.4, 0.5) is 4.39 Å². The van der Waals surface area contributed by atoms with E-state index in [-0.39, 0.29) is 5.82 Å². The van der Waals surface area contributed by atoms with Crippen LogP contribution in [0.3, 0.4) is 0 Å². The van der Waals surface area contributed by atoms with E-state index < -0.39 is 0 Å². The maximum absolute atomic E-state index is 14.4. The van der Waals surface area contributed by atoms with E-state index >= 15 is 0 Å². The smallest absolute Gasteiger partial charge is 0.147 e. The van der Waals surface area contributed by atoms with E-state index in [1.54, 1.807) is 6.07 Å². The van der Waals surface area contributed by atoms with Crippen molar-refractivity contribution < 1.29 is 4.39 Å². The van der Waals surface area contributed by atoms with E-state index in [0.717, 1.165) is 17.4 Å². The predicted octanol–water partition coefficient (Wildman–Crippen LogP) is 6.52. The summed E-state index contributed by atoms with van der Waals surface area (Å²) in [5.74, 6) is 0.183. The summed E-state index contributed by atoms with van der Waals surface area (Å²) in [6.45, 7) is 8.37. The van der Waals surface area contributed by atoms with Crippen molar-refractivity contribution >= 4 is 20.3 Å². The van der Waals surface area contributed by atoms with Crippen molar-refractivity contribution in [3.63, 3.8) is 0 Å². The number of hydrogen-bond donors (Lipinski definition) is 0. The first-order chi connectivity index (χ1) is 11.0. The fourth-order valence-corrected chi connectivity index (χ4v) is 3.60. The van der Waals surface area contributed by atoms with Gasteiger partial charge in [0.25, 0.3) is 0 Å². The van der Waals surface area contributed by atoms with Gasteiger partial charge in [-0.25, -0.2) is 4.39 Å². The number of aromatic nitrogens is 1. The van der Waals surface area contributed by atoms with Gasteiger partial charge < -0.3 is 4.34 Å². The minimum atomic E-state index is -0.148. The molecule has 2 unspecified atom stereocenters. The molecular weight excluding hydrogens is 304 g/mol. The molecule has 1 aromatic carbocycles. The Labute approximate surface area is 141 Å². The van der Waals surface area contributed by atoms with E-state index in [4.69, 9.17) is 0 Å². The zero-order chi connectivity index (χ0) is 17.0. The maximum atomic E-state index is 14.4. The lowest BCUT2D eigenvalue weighted by atomic mass is 9.86. The van der Waals surface area contributed by atoms with Gasteiger partial charge in [-0.1, -0.05) is 43.6 Å². The zero-order valence-corrected chi connectivity index (χ0v) is 15.7. The third-order valence-corrected chi connectivity index (χ3v) is 4.79. The topological polar surface area (TPSA) is 4.93 Å². The standard InChI is InChI=1S/C20H27FNP/c1-5-7-9-15(4)16(10-8-6-2)18-13-22(23)20-17(18)11-14(3)12-19(20)21/h5,7,9,11-13,16H,6,8,10,23H2,1-4H3/b7-5-,15-9+. The highest BCUT2D eigenvalue weighted by Crippen LogP contribution is 2.37. The lowest BCUT2D eigenvalue weighted by Gasteiger charge is -2.17. The van der Waals surface area contributed by atoms with Crippen LogP contribution in [-0.2, 0) is 0 Å². The van der Waals surface area contributed by atoms with Gasteiger partial charge in [-0.2, -0.15) is 0 Å². The van der Waals surface area contributed by atoms with Crippen LogP contribution in [-0.4, -0.2) is 4.34 Å². The number of hydrogen-bond acceptors (Lipinski definition) is 0. The summed E-state index contributed by atoms with van der Waals surface area (Å²) in [6, 6.07) is 3.71. The number of unbranched alkanes of at least 4 members (excludes halogenated alkanes) is 1. The van der Waals surface area contributed by atoms with Crippen molar-refractivity contribution in [3.05, 3.63) is 59.1 Å². The van der Waals surface area contributed by atoms with E-state index in [9.17, 15) is 4.39 Å². The Morgan fingerprint density at radius 3 is 2.78 bits per heavy atom. The average Bonchev–Trinajstić information content (AvgIpc) is 2.82. The van der Waals surface area contributed by atoms with Gasteiger partial charge in [0.2, 0.25) is 0 Å². The molecule has 0 N–H and O–H groups in total. The molecule has 1 nitrogen and oxygen atoms in total. The van der Waals surface area contributed by atoms with Crippen molar-refractivity contribution in [2.24, 2.45) is 0 Å². The first-order valence-corrected chi connectivity index (χ1v) is 8.86. The molecular formula is C20H27FNP. The van der Waals surface area contributed by atoms with Crippen molar-refractivity contribution in [3.8, 4) is 0 Å². The predicted molar refractivity (Wildman–Crippen MR) is 103 cm³/mol. The molecule has 0 bridgehead atoms. The van der Waals surface area contributed by atoms with Crippen LogP contribution in [0.2, 0.25) is 0 Å². The zero-order valence-electron chi connectivity index (χ0n) is 14.6. The Bertz CT molecular complexity index is 740. The molecule has 0 saturated carbocycles. The Hall–Kier alpha value is -1.40. The quantitative estimate of drug-likeness (QED) is 0.419. The molecule has 0 aliphatic heterocycles. The number of fused-ring (bicyclic) bond motifs is 1. The molecule has 1 aromatic heterocycles. The Balaban J connectivity index is 2.60. The van der Waals surface area contributed by atoms with Gasteiger partial charge in [0.1, 0.15) is 5.82 Å². The van der Waals surface area contributed by atoms with Crippen LogP contribution >= 0.6 is 9.39 Å². The molecule has 124 valence electrons. The summed E-state index contributed by atoms with van der Waals surface area (Å²) in [4.78, 5) is 0. The summed E-state index contributed by atoms with van der Waals surface area (Å²) in [5, 5.41) is 1.03. The number of rotatable bonds is 6. The monoisotopic (exact) mass is 331 g/mol. The molecule has 0 amide bonds.